The van der Waals surface area contributed by atoms with Crippen molar-refractivity contribution in [2.45, 2.75) is 12.8 Å². The van der Waals surface area contributed by atoms with E-state index in [0.29, 0.717) is 5.75 Å². The number of carbonyl (C=O) groups is 1. The molecule has 0 aromatic heterocycles. The van der Waals surface area contributed by atoms with E-state index in [9.17, 15) is 4.79 Å². The Bertz CT molecular complexity index is 520. The third-order valence-corrected chi connectivity index (χ3v) is 3.41. The van der Waals surface area contributed by atoms with Gasteiger partial charge in [0, 0.05) is 30.8 Å². The molecule has 108 valence electrons. The van der Waals surface area contributed by atoms with E-state index in [1.54, 1.807) is 20.3 Å². The molecule has 0 saturated carbocycles. The molecule has 0 radical (unpaired) electrons. The fourth-order valence-corrected chi connectivity index (χ4v) is 2.41. The molecule has 1 saturated heterocycles. The molecule has 1 aliphatic heterocycles. The van der Waals surface area contributed by atoms with Gasteiger partial charge in [0.05, 0.1) is 19.9 Å². The van der Waals surface area contributed by atoms with Crippen molar-refractivity contribution in [2.75, 3.05) is 32.2 Å². The van der Waals surface area contributed by atoms with Gasteiger partial charge in [-0.3, -0.25) is 4.79 Å². The summed E-state index contributed by atoms with van der Waals surface area (Å²) in [6, 6.07) is 3.82. The van der Waals surface area contributed by atoms with Crippen LogP contribution in [-0.2, 0) is 4.79 Å². The summed E-state index contributed by atoms with van der Waals surface area (Å²) >= 11 is 0. The second kappa shape index (κ2) is 6.32. The molecule has 5 heteroatoms. The fraction of sp³-hybridized carbons (Fsp3) is 0.400. The number of amides is 1. The highest BCUT2D eigenvalue weighted by Gasteiger charge is 2.18. The zero-order valence-electron chi connectivity index (χ0n) is 11.9. The van der Waals surface area contributed by atoms with E-state index in [1.807, 2.05) is 12.1 Å². The lowest BCUT2D eigenvalue weighted by molar-refractivity contribution is -0.113. The highest BCUT2D eigenvalue weighted by atomic mass is 16.5. The summed E-state index contributed by atoms with van der Waals surface area (Å²) in [7, 11) is 3.25. The van der Waals surface area contributed by atoms with Crippen molar-refractivity contribution < 1.29 is 14.3 Å². The number of benzene rings is 1. The van der Waals surface area contributed by atoms with Gasteiger partial charge < -0.3 is 20.1 Å². The maximum absolute atomic E-state index is 10.9. The molecule has 0 bridgehead atoms. The number of nitrogens with two attached hydrogens (primary N) is 1. The first-order chi connectivity index (χ1) is 9.65. The van der Waals surface area contributed by atoms with Crippen molar-refractivity contribution in [1.82, 2.24) is 0 Å². The Labute approximate surface area is 119 Å². The molecule has 1 heterocycles. The molecular weight excluding hydrogens is 256 g/mol. The van der Waals surface area contributed by atoms with E-state index in [2.05, 4.69) is 4.90 Å². The number of nitrogens with zero attached hydrogens (tertiary/aromatic N) is 1. The summed E-state index contributed by atoms with van der Waals surface area (Å²) in [6.07, 6.45) is 5.33. The third kappa shape index (κ3) is 3.04. The van der Waals surface area contributed by atoms with Crippen LogP contribution < -0.4 is 20.1 Å². The van der Waals surface area contributed by atoms with Crippen LogP contribution in [0.25, 0.3) is 6.08 Å². The highest BCUT2D eigenvalue weighted by molar-refractivity contribution is 5.91. The summed E-state index contributed by atoms with van der Waals surface area (Å²) in [5.74, 6) is 0.983. The predicted molar refractivity (Wildman–Crippen MR) is 79.2 cm³/mol. The zero-order chi connectivity index (χ0) is 14.5. The number of hydrogen-bond acceptors (Lipinski definition) is 4. The van der Waals surface area contributed by atoms with E-state index in [1.165, 1.54) is 18.9 Å². The monoisotopic (exact) mass is 276 g/mol. The number of rotatable bonds is 5. The van der Waals surface area contributed by atoms with Gasteiger partial charge in [0.1, 0.15) is 11.5 Å². The summed E-state index contributed by atoms with van der Waals surface area (Å²) in [4.78, 5) is 13.1. The Kier molecular flexibility index (Phi) is 4.50. The van der Waals surface area contributed by atoms with Gasteiger partial charge in [0.25, 0.3) is 0 Å². The standard InChI is InChI=1S/C15H20N2O3/c1-19-13-10-12(17-7-3-4-8-17)14(20-2)9-11(13)5-6-15(16)18/h5-6,9-10H,3-4,7-8H2,1-2H3,(H2,16,18)/b6-5-. The molecule has 1 aliphatic rings. The Balaban J connectivity index is 2.41. The third-order valence-electron chi connectivity index (χ3n) is 3.41. The number of carbonyl (C=O) groups excluding carboxylic acids is 1. The maximum atomic E-state index is 10.9. The molecule has 1 aromatic rings. The second-order valence-corrected chi connectivity index (χ2v) is 4.70. The Morgan fingerprint density at radius 1 is 1.20 bits per heavy atom. The predicted octanol–water partition coefficient (Wildman–Crippen LogP) is 1.80. The molecule has 1 fully saturated rings. The number of anilines is 1. The van der Waals surface area contributed by atoms with Crippen LogP contribution in [0.5, 0.6) is 11.5 Å². The quantitative estimate of drug-likeness (QED) is 0.833. The lowest BCUT2D eigenvalue weighted by Gasteiger charge is -2.22. The van der Waals surface area contributed by atoms with E-state index in [4.69, 9.17) is 15.2 Å². The molecule has 1 aromatic carbocycles. The van der Waals surface area contributed by atoms with Crippen LogP contribution in [0.1, 0.15) is 18.4 Å². The second-order valence-electron chi connectivity index (χ2n) is 4.70. The zero-order valence-corrected chi connectivity index (χ0v) is 11.9. The average molecular weight is 276 g/mol. The van der Waals surface area contributed by atoms with Crippen molar-refractivity contribution >= 4 is 17.7 Å². The van der Waals surface area contributed by atoms with Gasteiger partial charge in [0.15, 0.2) is 0 Å². The van der Waals surface area contributed by atoms with Crippen LogP contribution in [0.4, 0.5) is 5.69 Å². The maximum Gasteiger partial charge on any atom is 0.241 e. The molecule has 0 spiro atoms. The smallest absolute Gasteiger partial charge is 0.241 e. The van der Waals surface area contributed by atoms with Crippen molar-refractivity contribution in [3.8, 4) is 11.5 Å². The van der Waals surface area contributed by atoms with Crippen molar-refractivity contribution in [1.29, 1.82) is 0 Å². The first-order valence-electron chi connectivity index (χ1n) is 6.64. The molecule has 20 heavy (non-hydrogen) atoms. The van der Waals surface area contributed by atoms with Crippen LogP contribution in [0.15, 0.2) is 18.2 Å². The van der Waals surface area contributed by atoms with E-state index in [0.717, 1.165) is 30.1 Å². The van der Waals surface area contributed by atoms with Crippen molar-refractivity contribution in [2.24, 2.45) is 5.73 Å². The molecule has 0 atom stereocenters. The topological polar surface area (TPSA) is 64.8 Å². The average Bonchev–Trinajstić information content (AvgIpc) is 2.98. The first kappa shape index (κ1) is 14.2. The Morgan fingerprint density at radius 3 is 2.40 bits per heavy atom. The molecule has 5 nitrogen and oxygen atoms in total. The van der Waals surface area contributed by atoms with Gasteiger partial charge in [0.2, 0.25) is 5.91 Å². The van der Waals surface area contributed by atoms with Crippen molar-refractivity contribution in [3.63, 3.8) is 0 Å². The fourth-order valence-electron chi connectivity index (χ4n) is 2.41. The normalized spacial score (nSPS) is 14.8. The first-order valence-corrected chi connectivity index (χ1v) is 6.64. The lowest BCUT2D eigenvalue weighted by Crippen LogP contribution is -2.18. The summed E-state index contributed by atoms with van der Waals surface area (Å²) in [6.45, 7) is 2.05. The van der Waals surface area contributed by atoms with Gasteiger partial charge in [-0.1, -0.05) is 0 Å². The van der Waals surface area contributed by atoms with Crippen LogP contribution >= 0.6 is 0 Å². The number of hydrogen-bond donors (Lipinski definition) is 1. The molecular formula is C15H20N2O3. The minimum atomic E-state index is -0.491. The Hall–Kier alpha value is -2.17. The van der Waals surface area contributed by atoms with E-state index in [-0.39, 0.29) is 0 Å². The number of methoxy groups -OCH3 is 2. The van der Waals surface area contributed by atoms with Gasteiger partial charge in [-0.25, -0.2) is 0 Å². The van der Waals surface area contributed by atoms with Gasteiger partial charge >= 0.3 is 0 Å². The molecule has 2 rings (SSSR count). The summed E-state index contributed by atoms with van der Waals surface area (Å²) in [5, 5.41) is 0. The highest BCUT2D eigenvalue weighted by Crippen LogP contribution is 2.37. The Morgan fingerprint density at radius 2 is 1.85 bits per heavy atom. The molecule has 1 amide bonds. The summed E-state index contributed by atoms with van der Waals surface area (Å²) < 4.78 is 10.8. The van der Waals surface area contributed by atoms with Gasteiger partial charge in [-0.2, -0.15) is 0 Å². The van der Waals surface area contributed by atoms with E-state index < -0.39 is 5.91 Å². The van der Waals surface area contributed by atoms with Crippen LogP contribution in [-0.4, -0.2) is 33.2 Å². The SMILES string of the molecule is COc1cc(N2CCCC2)c(OC)cc1/C=C\C(N)=O. The van der Waals surface area contributed by atoms with E-state index >= 15 is 0 Å². The lowest BCUT2D eigenvalue weighted by atomic mass is 10.1. The van der Waals surface area contributed by atoms with Crippen LogP contribution in [0.2, 0.25) is 0 Å². The van der Waals surface area contributed by atoms with Crippen LogP contribution in [0, 0.1) is 0 Å². The number of ether oxygens (including phenoxy) is 2. The molecule has 2 N–H and O–H groups in total. The minimum Gasteiger partial charge on any atom is -0.496 e. The van der Waals surface area contributed by atoms with Crippen molar-refractivity contribution in [3.05, 3.63) is 23.8 Å². The molecule has 0 aliphatic carbocycles. The largest absolute Gasteiger partial charge is 0.496 e. The number of primary amides is 1. The van der Waals surface area contributed by atoms with Gasteiger partial charge in [-0.05, 0) is 25.0 Å². The van der Waals surface area contributed by atoms with Gasteiger partial charge in [-0.15, -0.1) is 0 Å². The van der Waals surface area contributed by atoms with Crippen LogP contribution in [0.3, 0.4) is 0 Å². The molecule has 0 unspecified atom stereocenters. The minimum absolute atomic E-state index is 0.491. The summed E-state index contributed by atoms with van der Waals surface area (Å²) in [5.41, 5.74) is 6.92.